The zero-order valence-electron chi connectivity index (χ0n) is 16.0. The monoisotopic (exact) mass is 466 g/mol. The highest BCUT2D eigenvalue weighted by Gasteiger charge is 2.14. The molecule has 0 fully saturated rings. The van der Waals surface area contributed by atoms with E-state index in [2.05, 4.69) is 15.9 Å². The zero-order valence-corrected chi connectivity index (χ0v) is 17.5. The fraction of sp³-hybridized carbons (Fsp3) is 0.0870. The molecule has 152 valence electrons. The Balaban J connectivity index is 1.61. The molecule has 6 nitrogen and oxygen atoms in total. The molecule has 1 N–H and O–H groups in total. The van der Waals surface area contributed by atoms with E-state index in [1.54, 1.807) is 37.3 Å². The van der Waals surface area contributed by atoms with E-state index in [0.717, 1.165) is 15.6 Å². The number of hydrogen-bond donors (Lipinski definition) is 1. The second kappa shape index (κ2) is 8.31. The van der Waals surface area contributed by atoms with Gasteiger partial charge < -0.3 is 19.6 Å². The Bertz CT molecular complexity index is 1250. The molecule has 0 unspecified atom stereocenters. The number of nitrogens with zero attached hydrogens (tertiary/aromatic N) is 1. The first kappa shape index (κ1) is 20.2. The highest BCUT2D eigenvalue weighted by molar-refractivity contribution is 9.10. The molecule has 0 saturated carbocycles. The van der Waals surface area contributed by atoms with Crippen LogP contribution in [0.1, 0.15) is 11.3 Å². The minimum atomic E-state index is -0.194. The Labute approximate surface area is 180 Å². The molecule has 0 aliphatic carbocycles. The summed E-state index contributed by atoms with van der Waals surface area (Å²) in [4.78, 5) is 13.0. The Hall–Kier alpha value is -3.13. The lowest BCUT2D eigenvalue weighted by Crippen LogP contribution is -2.08. The standard InChI is InChI=1S/C23H17BrNO5/c1-14-22(16-4-6-17(24)7-5-16)23(26)20-11-10-19(12-21(20)30-14)29-13-15-2-8-18(9-3-15)25(27)28/h2-12,27H,13H2,1H3/q-1. The van der Waals surface area contributed by atoms with E-state index in [1.807, 2.05) is 24.3 Å². The number of rotatable bonds is 5. The second-order valence-electron chi connectivity index (χ2n) is 6.76. The molecule has 7 heteroatoms. The molecule has 30 heavy (non-hydrogen) atoms. The first-order chi connectivity index (χ1) is 14.4. The number of benzene rings is 3. The van der Waals surface area contributed by atoms with Gasteiger partial charge in [0, 0.05) is 10.5 Å². The molecule has 0 radical (unpaired) electrons. The number of hydrogen-bond acceptors (Lipinski definition) is 6. The van der Waals surface area contributed by atoms with Gasteiger partial charge in [0.2, 0.25) is 5.43 Å². The van der Waals surface area contributed by atoms with E-state index >= 15 is 0 Å². The van der Waals surface area contributed by atoms with Gasteiger partial charge in [-0.2, -0.15) is 0 Å². The summed E-state index contributed by atoms with van der Waals surface area (Å²) in [5.74, 6) is 1.09. The van der Waals surface area contributed by atoms with Crippen molar-refractivity contribution in [2.75, 3.05) is 5.23 Å². The van der Waals surface area contributed by atoms with Gasteiger partial charge in [-0.1, -0.05) is 40.2 Å². The first-order valence-corrected chi connectivity index (χ1v) is 9.93. The summed E-state index contributed by atoms with van der Waals surface area (Å²) in [6, 6.07) is 19.0. The molecule has 0 aliphatic heterocycles. The summed E-state index contributed by atoms with van der Waals surface area (Å²) in [5, 5.41) is 20.0. The lowest BCUT2D eigenvalue weighted by molar-refractivity contribution is 0.295. The Kier molecular flexibility index (Phi) is 5.59. The SMILES string of the molecule is Cc1oc2cc(OCc3ccc(N([O-])O)cc3)ccc2c(=O)c1-c1ccc(Br)cc1. The Morgan fingerprint density at radius 3 is 2.43 bits per heavy atom. The van der Waals surface area contributed by atoms with Crippen LogP contribution >= 0.6 is 15.9 Å². The van der Waals surface area contributed by atoms with Crippen LogP contribution in [0.2, 0.25) is 0 Å². The number of anilines is 1. The van der Waals surface area contributed by atoms with Gasteiger partial charge in [0.25, 0.3) is 0 Å². The maximum Gasteiger partial charge on any atom is 0.200 e. The van der Waals surface area contributed by atoms with Crippen molar-refractivity contribution < 1.29 is 14.4 Å². The van der Waals surface area contributed by atoms with Gasteiger partial charge in [0.15, 0.2) is 0 Å². The van der Waals surface area contributed by atoms with Crippen molar-refractivity contribution in [1.29, 1.82) is 0 Å². The molecular formula is C23H17BrNO5-. The van der Waals surface area contributed by atoms with E-state index < -0.39 is 0 Å². The third-order valence-corrected chi connectivity index (χ3v) is 5.26. The molecule has 1 heterocycles. The summed E-state index contributed by atoms with van der Waals surface area (Å²) in [6.07, 6.45) is 0. The predicted molar refractivity (Wildman–Crippen MR) is 119 cm³/mol. The van der Waals surface area contributed by atoms with Gasteiger partial charge in [-0.25, -0.2) is 0 Å². The van der Waals surface area contributed by atoms with Crippen LogP contribution in [0.15, 0.2) is 80.4 Å². The average molecular weight is 467 g/mol. The predicted octanol–water partition coefficient (Wildman–Crippen LogP) is 5.80. The van der Waals surface area contributed by atoms with Gasteiger partial charge in [0.1, 0.15) is 23.7 Å². The average Bonchev–Trinajstić information content (AvgIpc) is 2.73. The smallest absolute Gasteiger partial charge is 0.200 e. The van der Waals surface area contributed by atoms with Crippen molar-refractivity contribution in [2.24, 2.45) is 0 Å². The van der Waals surface area contributed by atoms with Crippen molar-refractivity contribution in [1.82, 2.24) is 0 Å². The molecule has 4 aromatic rings. The second-order valence-corrected chi connectivity index (χ2v) is 7.67. The third kappa shape index (κ3) is 4.09. The zero-order chi connectivity index (χ0) is 21.3. The topological polar surface area (TPSA) is 86.0 Å². The summed E-state index contributed by atoms with van der Waals surface area (Å²) >= 11 is 3.40. The number of ether oxygens (including phenoxy) is 1. The van der Waals surface area contributed by atoms with Crippen LogP contribution in [0, 0.1) is 12.1 Å². The fourth-order valence-electron chi connectivity index (χ4n) is 3.21. The lowest BCUT2D eigenvalue weighted by Gasteiger charge is -2.21. The molecule has 0 spiro atoms. The number of halogens is 1. The van der Waals surface area contributed by atoms with Crippen molar-refractivity contribution in [3.05, 3.63) is 98.0 Å². The number of fused-ring (bicyclic) bond motifs is 1. The van der Waals surface area contributed by atoms with Gasteiger partial charge in [-0.05, 0) is 54.4 Å². The van der Waals surface area contributed by atoms with E-state index in [0.29, 0.717) is 28.0 Å². The van der Waals surface area contributed by atoms with Crippen molar-refractivity contribution in [2.45, 2.75) is 13.5 Å². The Morgan fingerprint density at radius 2 is 1.77 bits per heavy atom. The molecule has 0 bridgehead atoms. The van der Waals surface area contributed by atoms with Gasteiger partial charge in [0.05, 0.1) is 16.6 Å². The molecule has 0 saturated heterocycles. The highest BCUT2D eigenvalue weighted by Crippen LogP contribution is 2.27. The van der Waals surface area contributed by atoms with Gasteiger partial charge in [-0.15, -0.1) is 0 Å². The first-order valence-electron chi connectivity index (χ1n) is 9.13. The summed E-state index contributed by atoms with van der Waals surface area (Å²) in [7, 11) is 0. The molecule has 3 aromatic carbocycles. The number of aryl methyl sites for hydroxylation is 1. The summed E-state index contributed by atoms with van der Waals surface area (Å²) < 4.78 is 12.7. The maximum atomic E-state index is 13.0. The lowest BCUT2D eigenvalue weighted by atomic mass is 10.0. The van der Waals surface area contributed by atoms with E-state index in [4.69, 9.17) is 14.4 Å². The van der Waals surface area contributed by atoms with Crippen LogP contribution in [-0.4, -0.2) is 5.21 Å². The van der Waals surface area contributed by atoms with Crippen molar-refractivity contribution >= 4 is 32.6 Å². The minimum absolute atomic E-state index is 0.0932. The largest absolute Gasteiger partial charge is 0.733 e. The molecular weight excluding hydrogens is 450 g/mol. The summed E-state index contributed by atoms with van der Waals surface area (Å²) in [6.45, 7) is 2.03. The molecule has 0 aliphatic rings. The normalized spacial score (nSPS) is 10.9. The van der Waals surface area contributed by atoms with E-state index in [9.17, 15) is 10.0 Å². The van der Waals surface area contributed by atoms with Crippen molar-refractivity contribution in [3.8, 4) is 16.9 Å². The molecule has 1 aromatic heterocycles. The Morgan fingerprint density at radius 1 is 1.07 bits per heavy atom. The van der Waals surface area contributed by atoms with Crippen molar-refractivity contribution in [3.63, 3.8) is 0 Å². The van der Waals surface area contributed by atoms with Gasteiger partial charge >= 0.3 is 0 Å². The highest BCUT2D eigenvalue weighted by atomic mass is 79.9. The van der Waals surface area contributed by atoms with E-state index in [-0.39, 0.29) is 22.9 Å². The van der Waals surface area contributed by atoms with Gasteiger partial charge in [-0.3, -0.25) is 10.0 Å². The molecule has 0 atom stereocenters. The van der Waals surface area contributed by atoms with Crippen LogP contribution < -0.4 is 15.4 Å². The van der Waals surface area contributed by atoms with Crippen LogP contribution in [0.5, 0.6) is 5.75 Å². The minimum Gasteiger partial charge on any atom is -0.733 e. The van der Waals surface area contributed by atoms with Crippen LogP contribution in [0.25, 0.3) is 22.1 Å². The van der Waals surface area contributed by atoms with Crippen LogP contribution in [-0.2, 0) is 6.61 Å². The fourth-order valence-corrected chi connectivity index (χ4v) is 3.48. The van der Waals surface area contributed by atoms with Crippen LogP contribution in [0.4, 0.5) is 5.69 Å². The quantitative estimate of drug-likeness (QED) is 0.373. The van der Waals surface area contributed by atoms with Crippen LogP contribution in [0.3, 0.4) is 0 Å². The maximum absolute atomic E-state index is 13.0. The molecule has 0 amide bonds. The third-order valence-electron chi connectivity index (χ3n) is 4.74. The summed E-state index contributed by atoms with van der Waals surface area (Å²) in [5.41, 5.74) is 2.67. The van der Waals surface area contributed by atoms with E-state index in [1.165, 1.54) is 12.1 Å². The molecule has 4 rings (SSSR count).